The Labute approximate surface area is 156 Å². The number of hydrogen-bond donors (Lipinski definition) is 2. The van der Waals surface area contributed by atoms with Crippen LogP contribution in [0.15, 0.2) is 54.6 Å². The molecule has 2 aromatic carbocycles. The number of benzene rings is 2. The topological polar surface area (TPSA) is 78.5 Å². The number of anilines is 1. The number of aryl methyl sites for hydroxylation is 1. The van der Waals surface area contributed by atoms with E-state index in [0.29, 0.717) is 17.1 Å². The molecule has 0 saturated carbocycles. The predicted octanol–water partition coefficient (Wildman–Crippen LogP) is 2.23. The summed E-state index contributed by atoms with van der Waals surface area (Å²) in [7, 11) is 0. The van der Waals surface area contributed by atoms with Gasteiger partial charge in [-0.05, 0) is 30.2 Å². The van der Waals surface area contributed by atoms with Gasteiger partial charge in [0.25, 0.3) is 5.91 Å². The first-order valence-electron chi connectivity index (χ1n) is 8.25. The van der Waals surface area contributed by atoms with Gasteiger partial charge in [0.1, 0.15) is 6.04 Å². The summed E-state index contributed by atoms with van der Waals surface area (Å²) in [6.45, 7) is 0. The molecular weight excluding hydrogens is 354 g/mol. The van der Waals surface area contributed by atoms with E-state index in [2.05, 4.69) is 10.9 Å². The minimum Gasteiger partial charge on any atom is -0.291 e. The van der Waals surface area contributed by atoms with Crippen LogP contribution < -0.4 is 15.8 Å². The fourth-order valence-corrected chi connectivity index (χ4v) is 2.95. The zero-order valence-electron chi connectivity index (χ0n) is 13.9. The lowest BCUT2D eigenvalue weighted by atomic mass is 10.1. The van der Waals surface area contributed by atoms with E-state index in [1.165, 1.54) is 0 Å². The molecule has 1 aliphatic heterocycles. The summed E-state index contributed by atoms with van der Waals surface area (Å²) in [5.74, 6) is -0.996. The van der Waals surface area contributed by atoms with E-state index in [9.17, 15) is 14.4 Å². The average molecular weight is 372 g/mol. The molecule has 1 aliphatic rings. The summed E-state index contributed by atoms with van der Waals surface area (Å²) >= 11 is 5.92. The number of nitrogens with zero attached hydrogens (tertiary/aromatic N) is 1. The fourth-order valence-electron chi connectivity index (χ4n) is 2.76. The first-order valence-corrected chi connectivity index (χ1v) is 8.63. The Morgan fingerprint density at radius 3 is 2.62 bits per heavy atom. The lowest BCUT2D eigenvalue weighted by molar-refractivity contribution is -0.123. The number of rotatable bonds is 6. The molecule has 0 unspecified atom stereocenters. The average Bonchev–Trinajstić information content (AvgIpc) is 2.92. The van der Waals surface area contributed by atoms with Crippen molar-refractivity contribution >= 4 is 35.0 Å². The summed E-state index contributed by atoms with van der Waals surface area (Å²) in [6, 6.07) is 15.4. The van der Waals surface area contributed by atoms with Crippen LogP contribution in [-0.4, -0.2) is 23.8 Å². The second-order valence-electron chi connectivity index (χ2n) is 5.98. The molecule has 0 radical (unpaired) electrons. The highest BCUT2D eigenvalue weighted by atomic mass is 35.5. The molecule has 0 spiro atoms. The third-order valence-corrected chi connectivity index (χ3v) is 4.32. The lowest BCUT2D eigenvalue weighted by Crippen LogP contribution is -2.48. The Balaban J connectivity index is 1.53. The maximum atomic E-state index is 12.5. The van der Waals surface area contributed by atoms with Crippen molar-refractivity contribution in [2.45, 2.75) is 25.3 Å². The number of nitrogens with one attached hydrogen (secondary N) is 2. The molecule has 134 valence electrons. The Hall–Kier alpha value is -2.70. The van der Waals surface area contributed by atoms with E-state index in [1.807, 2.05) is 30.3 Å². The van der Waals surface area contributed by atoms with Gasteiger partial charge in [0.05, 0.1) is 12.1 Å². The van der Waals surface area contributed by atoms with Crippen molar-refractivity contribution in [3.05, 3.63) is 65.2 Å². The van der Waals surface area contributed by atoms with E-state index in [-0.39, 0.29) is 24.7 Å². The van der Waals surface area contributed by atoms with Gasteiger partial charge in [-0.15, -0.1) is 0 Å². The summed E-state index contributed by atoms with van der Waals surface area (Å²) in [4.78, 5) is 37.7. The van der Waals surface area contributed by atoms with Crippen molar-refractivity contribution in [2.75, 3.05) is 4.90 Å². The minimum atomic E-state index is -0.790. The molecule has 1 saturated heterocycles. The number of imide groups is 1. The Morgan fingerprint density at radius 1 is 1.12 bits per heavy atom. The largest absolute Gasteiger partial charge is 0.291 e. The first kappa shape index (κ1) is 18.1. The normalized spacial score (nSPS) is 16.8. The van der Waals surface area contributed by atoms with Gasteiger partial charge in [-0.3, -0.25) is 19.8 Å². The monoisotopic (exact) mass is 371 g/mol. The minimum absolute atomic E-state index is 0.0235. The standard InChI is InChI=1S/C19H18ClN3O3/c20-14-7-4-8-15(11-14)23-18(25)12-16(19(23)26)21-22-17(24)10-9-13-5-2-1-3-6-13/h1-8,11,16,21H,9-10,12H2,(H,22,24)/t16-/m1/s1. The quantitative estimate of drug-likeness (QED) is 0.603. The van der Waals surface area contributed by atoms with Gasteiger partial charge in [0, 0.05) is 11.4 Å². The van der Waals surface area contributed by atoms with Crippen LogP contribution in [0.5, 0.6) is 0 Å². The molecule has 6 nitrogen and oxygen atoms in total. The van der Waals surface area contributed by atoms with E-state index < -0.39 is 11.9 Å². The van der Waals surface area contributed by atoms with Crippen LogP contribution in [0.3, 0.4) is 0 Å². The maximum Gasteiger partial charge on any atom is 0.253 e. The third kappa shape index (κ3) is 4.28. The molecule has 0 bridgehead atoms. The highest BCUT2D eigenvalue weighted by Crippen LogP contribution is 2.25. The Bertz CT molecular complexity index is 826. The molecule has 0 aromatic heterocycles. The molecule has 2 aromatic rings. The van der Waals surface area contributed by atoms with Gasteiger partial charge >= 0.3 is 0 Å². The molecule has 3 rings (SSSR count). The van der Waals surface area contributed by atoms with Gasteiger partial charge in [0.2, 0.25) is 11.8 Å². The number of amides is 3. The first-order chi connectivity index (χ1) is 12.5. The second kappa shape index (κ2) is 8.12. The lowest BCUT2D eigenvalue weighted by Gasteiger charge is -2.16. The van der Waals surface area contributed by atoms with E-state index >= 15 is 0 Å². The van der Waals surface area contributed by atoms with Gasteiger partial charge in [-0.25, -0.2) is 10.3 Å². The van der Waals surface area contributed by atoms with Gasteiger partial charge in [-0.1, -0.05) is 48.0 Å². The smallest absolute Gasteiger partial charge is 0.253 e. The molecule has 2 N–H and O–H groups in total. The number of hydrogen-bond acceptors (Lipinski definition) is 4. The number of carbonyl (C=O) groups excluding carboxylic acids is 3. The van der Waals surface area contributed by atoms with Crippen LogP contribution in [0.4, 0.5) is 5.69 Å². The summed E-state index contributed by atoms with van der Waals surface area (Å²) in [6.07, 6.45) is 0.856. The van der Waals surface area contributed by atoms with Gasteiger partial charge < -0.3 is 0 Å². The number of hydrazine groups is 1. The Morgan fingerprint density at radius 2 is 1.88 bits per heavy atom. The van der Waals surface area contributed by atoms with Crippen molar-refractivity contribution in [2.24, 2.45) is 0 Å². The van der Waals surface area contributed by atoms with Gasteiger partial charge in [-0.2, -0.15) is 0 Å². The maximum absolute atomic E-state index is 12.5. The SMILES string of the molecule is O=C(CCc1ccccc1)NN[C@@H]1CC(=O)N(c2cccc(Cl)c2)C1=O. The van der Waals surface area contributed by atoms with Crippen molar-refractivity contribution in [1.82, 2.24) is 10.9 Å². The third-order valence-electron chi connectivity index (χ3n) is 4.08. The van der Waals surface area contributed by atoms with Crippen LogP contribution in [0.25, 0.3) is 0 Å². The van der Waals surface area contributed by atoms with E-state index in [1.54, 1.807) is 24.3 Å². The fraction of sp³-hybridized carbons (Fsp3) is 0.211. The highest BCUT2D eigenvalue weighted by Gasteiger charge is 2.39. The van der Waals surface area contributed by atoms with Gasteiger partial charge in [0.15, 0.2) is 0 Å². The molecular formula is C19H18ClN3O3. The predicted molar refractivity (Wildman–Crippen MR) is 98.4 cm³/mol. The Kier molecular flexibility index (Phi) is 5.65. The van der Waals surface area contributed by atoms with Crippen LogP contribution in [0.2, 0.25) is 5.02 Å². The van der Waals surface area contributed by atoms with Crippen molar-refractivity contribution in [1.29, 1.82) is 0 Å². The van der Waals surface area contributed by atoms with Crippen LogP contribution in [-0.2, 0) is 20.8 Å². The van der Waals surface area contributed by atoms with Crippen LogP contribution >= 0.6 is 11.6 Å². The summed E-state index contributed by atoms with van der Waals surface area (Å²) < 4.78 is 0. The number of halogens is 1. The van der Waals surface area contributed by atoms with E-state index in [4.69, 9.17) is 11.6 Å². The molecule has 1 fully saturated rings. The number of carbonyl (C=O) groups is 3. The van der Waals surface area contributed by atoms with Crippen LogP contribution in [0.1, 0.15) is 18.4 Å². The highest BCUT2D eigenvalue weighted by molar-refractivity contribution is 6.31. The molecule has 26 heavy (non-hydrogen) atoms. The summed E-state index contributed by atoms with van der Waals surface area (Å²) in [5.41, 5.74) is 6.66. The summed E-state index contributed by atoms with van der Waals surface area (Å²) in [5, 5.41) is 0.439. The molecule has 1 atom stereocenters. The molecule has 1 heterocycles. The zero-order chi connectivity index (χ0) is 18.5. The second-order valence-corrected chi connectivity index (χ2v) is 6.42. The zero-order valence-corrected chi connectivity index (χ0v) is 14.7. The molecule has 7 heteroatoms. The van der Waals surface area contributed by atoms with Crippen LogP contribution in [0, 0.1) is 0 Å². The van der Waals surface area contributed by atoms with Crippen molar-refractivity contribution in [3.63, 3.8) is 0 Å². The molecule has 0 aliphatic carbocycles. The van der Waals surface area contributed by atoms with E-state index in [0.717, 1.165) is 10.5 Å². The van der Waals surface area contributed by atoms with Crippen molar-refractivity contribution < 1.29 is 14.4 Å². The van der Waals surface area contributed by atoms with Crippen molar-refractivity contribution in [3.8, 4) is 0 Å². The molecule has 3 amide bonds.